The Bertz CT molecular complexity index is 302. The van der Waals surface area contributed by atoms with E-state index in [2.05, 4.69) is 0 Å². The molecule has 0 radical (unpaired) electrons. The molecule has 2 N–H and O–H groups in total. The van der Waals surface area contributed by atoms with E-state index in [-0.39, 0.29) is 6.04 Å². The van der Waals surface area contributed by atoms with Crippen LogP contribution in [0.1, 0.15) is 18.5 Å². The van der Waals surface area contributed by atoms with Crippen molar-refractivity contribution in [2.75, 3.05) is 19.0 Å². The maximum absolute atomic E-state index is 12.9. The second kappa shape index (κ2) is 3.92. The second-order valence-electron chi connectivity index (χ2n) is 3.51. The summed E-state index contributed by atoms with van der Waals surface area (Å²) in [6, 6.07) is 1.99. The van der Waals surface area contributed by atoms with Crippen molar-refractivity contribution >= 4 is 5.69 Å². The number of nitrogens with zero attached hydrogens (tertiary/aromatic N) is 1. The molecule has 0 aromatic heterocycles. The number of hydrogen-bond acceptors (Lipinski definition) is 2. The summed E-state index contributed by atoms with van der Waals surface area (Å²) < 4.78 is 25.9. The summed E-state index contributed by atoms with van der Waals surface area (Å²) in [6.07, 6.45) is 0. The zero-order valence-corrected chi connectivity index (χ0v) is 8.51. The summed E-state index contributed by atoms with van der Waals surface area (Å²) in [5.41, 5.74) is 6.87. The Balaban J connectivity index is 3.31. The molecule has 0 amide bonds. The Morgan fingerprint density at radius 1 is 1.21 bits per heavy atom. The molecule has 1 atom stereocenters. The molecule has 2 nitrogen and oxygen atoms in total. The van der Waals surface area contributed by atoms with Crippen molar-refractivity contribution in [1.82, 2.24) is 0 Å². The molecule has 0 aliphatic rings. The third-order valence-electron chi connectivity index (χ3n) is 2.04. The fourth-order valence-electron chi connectivity index (χ4n) is 1.30. The van der Waals surface area contributed by atoms with E-state index in [0.29, 0.717) is 11.3 Å². The first-order chi connectivity index (χ1) is 6.43. The molecule has 0 saturated heterocycles. The van der Waals surface area contributed by atoms with E-state index in [4.69, 9.17) is 5.73 Å². The van der Waals surface area contributed by atoms with Crippen LogP contribution in [0.3, 0.4) is 0 Å². The zero-order chi connectivity index (χ0) is 10.9. The lowest BCUT2D eigenvalue weighted by atomic mass is 10.1. The van der Waals surface area contributed by atoms with Gasteiger partial charge in [-0.25, -0.2) is 8.78 Å². The van der Waals surface area contributed by atoms with Gasteiger partial charge in [0.2, 0.25) is 0 Å². The number of benzene rings is 1. The van der Waals surface area contributed by atoms with Crippen molar-refractivity contribution in [1.29, 1.82) is 0 Å². The molecule has 0 saturated carbocycles. The summed E-state index contributed by atoms with van der Waals surface area (Å²) in [5.74, 6) is -1.71. The van der Waals surface area contributed by atoms with Gasteiger partial charge in [0, 0.05) is 31.9 Å². The summed E-state index contributed by atoms with van der Waals surface area (Å²) in [7, 11) is 3.52. The number of anilines is 1. The summed E-state index contributed by atoms with van der Waals surface area (Å²) >= 11 is 0. The van der Waals surface area contributed by atoms with Crippen LogP contribution in [0.25, 0.3) is 0 Å². The minimum Gasteiger partial charge on any atom is -0.377 e. The number of rotatable bonds is 2. The van der Waals surface area contributed by atoms with Crippen molar-refractivity contribution < 1.29 is 8.78 Å². The Labute approximate surface area is 82.3 Å². The van der Waals surface area contributed by atoms with Gasteiger partial charge in [-0.2, -0.15) is 0 Å². The predicted molar refractivity (Wildman–Crippen MR) is 53.3 cm³/mol. The fraction of sp³-hybridized carbons (Fsp3) is 0.400. The first-order valence-electron chi connectivity index (χ1n) is 4.35. The highest BCUT2D eigenvalue weighted by molar-refractivity contribution is 5.54. The SMILES string of the molecule is CC(N)c1cc(F)c(F)cc1N(C)C. The van der Waals surface area contributed by atoms with Crippen molar-refractivity contribution in [2.24, 2.45) is 5.73 Å². The highest BCUT2D eigenvalue weighted by Gasteiger charge is 2.13. The van der Waals surface area contributed by atoms with E-state index in [1.54, 1.807) is 25.9 Å². The molecular formula is C10H14F2N2. The van der Waals surface area contributed by atoms with Gasteiger partial charge in [0.15, 0.2) is 11.6 Å². The number of halogens is 2. The predicted octanol–water partition coefficient (Wildman–Crippen LogP) is 2.05. The van der Waals surface area contributed by atoms with E-state index in [0.717, 1.165) is 12.1 Å². The maximum Gasteiger partial charge on any atom is 0.160 e. The molecule has 1 rings (SSSR count). The smallest absolute Gasteiger partial charge is 0.160 e. The van der Waals surface area contributed by atoms with E-state index in [1.807, 2.05) is 0 Å². The molecule has 0 heterocycles. The number of hydrogen-bond donors (Lipinski definition) is 1. The summed E-state index contributed by atoms with van der Waals surface area (Å²) in [6.45, 7) is 1.74. The average molecular weight is 200 g/mol. The van der Waals surface area contributed by atoms with Crippen LogP contribution in [0.15, 0.2) is 12.1 Å². The summed E-state index contributed by atoms with van der Waals surface area (Å²) in [4.78, 5) is 1.71. The third-order valence-corrected chi connectivity index (χ3v) is 2.04. The van der Waals surface area contributed by atoms with E-state index in [9.17, 15) is 8.78 Å². The topological polar surface area (TPSA) is 29.3 Å². The minimum atomic E-state index is -0.858. The molecule has 0 spiro atoms. The molecule has 1 unspecified atom stereocenters. The zero-order valence-electron chi connectivity index (χ0n) is 8.51. The van der Waals surface area contributed by atoms with Gasteiger partial charge in [-0.1, -0.05) is 0 Å². The molecule has 4 heteroatoms. The molecule has 0 bridgehead atoms. The number of nitrogens with two attached hydrogens (primary N) is 1. The van der Waals surface area contributed by atoms with Crippen LogP contribution in [0.4, 0.5) is 14.5 Å². The normalized spacial score (nSPS) is 12.7. The highest BCUT2D eigenvalue weighted by atomic mass is 19.2. The van der Waals surface area contributed by atoms with Crippen LogP contribution in [0, 0.1) is 11.6 Å². The van der Waals surface area contributed by atoms with Crippen LogP contribution < -0.4 is 10.6 Å². The first-order valence-corrected chi connectivity index (χ1v) is 4.35. The molecule has 1 aromatic rings. The third kappa shape index (κ3) is 2.01. The molecule has 0 aliphatic heterocycles. The van der Waals surface area contributed by atoms with Gasteiger partial charge in [-0.05, 0) is 18.6 Å². The van der Waals surface area contributed by atoms with Crippen LogP contribution in [0.2, 0.25) is 0 Å². The average Bonchev–Trinajstić information content (AvgIpc) is 2.08. The van der Waals surface area contributed by atoms with Crippen LogP contribution >= 0.6 is 0 Å². The summed E-state index contributed by atoms with van der Waals surface area (Å²) in [5, 5.41) is 0. The maximum atomic E-state index is 12.9. The van der Waals surface area contributed by atoms with Crippen molar-refractivity contribution in [3.05, 3.63) is 29.3 Å². The Morgan fingerprint density at radius 3 is 2.14 bits per heavy atom. The minimum absolute atomic E-state index is 0.317. The molecule has 14 heavy (non-hydrogen) atoms. The van der Waals surface area contributed by atoms with Gasteiger partial charge < -0.3 is 10.6 Å². The van der Waals surface area contributed by atoms with Gasteiger partial charge >= 0.3 is 0 Å². The van der Waals surface area contributed by atoms with Gasteiger partial charge in [0.05, 0.1) is 0 Å². The van der Waals surface area contributed by atoms with Gasteiger partial charge in [-0.3, -0.25) is 0 Å². The monoisotopic (exact) mass is 200 g/mol. The Morgan fingerprint density at radius 2 is 1.71 bits per heavy atom. The van der Waals surface area contributed by atoms with Crippen LogP contribution in [-0.2, 0) is 0 Å². The quantitative estimate of drug-likeness (QED) is 0.791. The lowest BCUT2D eigenvalue weighted by molar-refractivity contribution is 0.506. The van der Waals surface area contributed by atoms with Crippen molar-refractivity contribution in [3.63, 3.8) is 0 Å². The van der Waals surface area contributed by atoms with E-state index >= 15 is 0 Å². The van der Waals surface area contributed by atoms with Gasteiger partial charge in [0.1, 0.15) is 0 Å². The molecule has 1 aromatic carbocycles. The highest BCUT2D eigenvalue weighted by Crippen LogP contribution is 2.26. The van der Waals surface area contributed by atoms with Crippen molar-refractivity contribution in [2.45, 2.75) is 13.0 Å². The lowest BCUT2D eigenvalue weighted by Gasteiger charge is -2.19. The van der Waals surface area contributed by atoms with E-state index in [1.165, 1.54) is 0 Å². The van der Waals surface area contributed by atoms with Crippen molar-refractivity contribution in [3.8, 4) is 0 Å². The lowest BCUT2D eigenvalue weighted by Crippen LogP contribution is -2.16. The molecular weight excluding hydrogens is 186 g/mol. The molecule has 78 valence electrons. The fourth-order valence-corrected chi connectivity index (χ4v) is 1.30. The molecule has 0 aliphatic carbocycles. The van der Waals surface area contributed by atoms with Gasteiger partial charge in [0.25, 0.3) is 0 Å². The Hall–Kier alpha value is -1.16. The Kier molecular flexibility index (Phi) is 3.06. The van der Waals surface area contributed by atoms with Gasteiger partial charge in [-0.15, -0.1) is 0 Å². The first kappa shape index (κ1) is 10.9. The van der Waals surface area contributed by atoms with E-state index < -0.39 is 11.6 Å². The molecule has 0 fully saturated rings. The van der Waals surface area contributed by atoms with Crippen LogP contribution in [0.5, 0.6) is 0 Å². The standard InChI is InChI=1S/C10H14F2N2/c1-6(13)7-4-8(11)9(12)5-10(7)14(2)3/h4-6H,13H2,1-3H3. The largest absolute Gasteiger partial charge is 0.377 e. The van der Waals surface area contributed by atoms with Crippen LogP contribution in [-0.4, -0.2) is 14.1 Å². The second-order valence-corrected chi connectivity index (χ2v) is 3.51.